The quantitative estimate of drug-likeness (QED) is 0.450. The Kier molecular flexibility index (Phi) is 4.75. The molecule has 0 bridgehead atoms. The molecule has 0 aliphatic rings. The third-order valence-corrected chi connectivity index (χ3v) is 4.66. The van der Waals surface area contributed by atoms with Gasteiger partial charge in [-0.15, -0.1) is 0 Å². The smallest absolute Gasteiger partial charge is 0.128 e. The highest BCUT2D eigenvalue weighted by Gasteiger charge is 2.17. The molecule has 4 aromatic carbocycles. The van der Waals surface area contributed by atoms with Crippen LogP contribution in [0.2, 0.25) is 0 Å². The summed E-state index contributed by atoms with van der Waals surface area (Å²) in [4.78, 5) is 0. The van der Waals surface area contributed by atoms with Gasteiger partial charge in [-0.05, 0) is 52.7 Å². The maximum Gasteiger partial charge on any atom is 0.128 e. The molecule has 0 aromatic heterocycles. The molecule has 2 N–H and O–H groups in total. The molecule has 0 saturated heterocycles. The van der Waals surface area contributed by atoms with Gasteiger partial charge < -0.3 is 10.5 Å². The van der Waals surface area contributed by atoms with Crippen LogP contribution in [-0.2, 0) is 6.42 Å². The molecule has 4 rings (SSSR count). The average molecular weight is 357 g/mol. The zero-order valence-electron chi connectivity index (χ0n) is 14.8. The molecule has 134 valence electrons. The Morgan fingerprint density at radius 2 is 1.48 bits per heavy atom. The fraction of sp³-hybridized carbons (Fsp3) is 0.0833. The van der Waals surface area contributed by atoms with E-state index in [1.54, 1.807) is 12.1 Å². The average Bonchev–Trinajstić information content (AvgIpc) is 2.70. The van der Waals surface area contributed by atoms with Gasteiger partial charge in [0.05, 0.1) is 0 Å². The van der Waals surface area contributed by atoms with Gasteiger partial charge in [-0.3, -0.25) is 0 Å². The van der Waals surface area contributed by atoms with Gasteiger partial charge in [-0.25, -0.2) is 4.39 Å². The fourth-order valence-electron chi connectivity index (χ4n) is 3.29. The molecular weight excluding hydrogens is 337 g/mol. The highest BCUT2D eigenvalue weighted by Crippen LogP contribution is 2.31. The molecular formula is C24H20FNO. The normalized spacial score (nSPS) is 12.0. The van der Waals surface area contributed by atoms with Gasteiger partial charge in [0.1, 0.15) is 17.7 Å². The monoisotopic (exact) mass is 357 g/mol. The summed E-state index contributed by atoms with van der Waals surface area (Å²) in [5, 5.41) is 2.32. The summed E-state index contributed by atoms with van der Waals surface area (Å²) in [6, 6.07) is 28.5. The molecule has 0 saturated carbocycles. The molecule has 27 heavy (non-hydrogen) atoms. The predicted molar refractivity (Wildman–Crippen MR) is 108 cm³/mol. The van der Waals surface area contributed by atoms with Crippen LogP contribution >= 0.6 is 0 Å². The van der Waals surface area contributed by atoms with Crippen molar-refractivity contribution in [1.29, 1.82) is 0 Å². The number of ether oxygens (including phenoxy) is 1. The molecule has 0 aliphatic carbocycles. The zero-order chi connectivity index (χ0) is 18.6. The second kappa shape index (κ2) is 7.50. The Hall–Kier alpha value is -3.33. The van der Waals surface area contributed by atoms with Crippen molar-refractivity contribution in [3.63, 3.8) is 0 Å². The van der Waals surface area contributed by atoms with Crippen LogP contribution in [0.5, 0.6) is 5.75 Å². The first-order valence-corrected chi connectivity index (χ1v) is 8.93. The van der Waals surface area contributed by atoms with E-state index < -0.39 is 0 Å². The van der Waals surface area contributed by atoms with Gasteiger partial charge in [-0.1, -0.05) is 54.6 Å². The van der Waals surface area contributed by atoms with Crippen LogP contribution < -0.4 is 10.5 Å². The highest BCUT2D eigenvalue weighted by atomic mass is 19.1. The SMILES string of the molecule is Nc1ccc(OC(Cc2ccc(F)cc2)c2cccc3ccccc23)cc1. The Morgan fingerprint density at radius 3 is 2.26 bits per heavy atom. The number of hydrogen-bond acceptors (Lipinski definition) is 2. The molecule has 0 aliphatic heterocycles. The highest BCUT2D eigenvalue weighted by molar-refractivity contribution is 5.86. The minimum absolute atomic E-state index is 0.204. The number of rotatable bonds is 5. The van der Waals surface area contributed by atoms with Crippen LogP contribution in [-0.4, -0.2) is 0 Å². The Balaban J connectivity index is 1.74. The van der Waals surface area contributed by atoms with Crippen molar-refractivity contribution in [2.75, 3.05) is 5.73 Å². The van der Waals surface area contributed by atoms with Crippen molar-refractivity contribution in [3.8, 4) is 5.75 Å². The van der Waals surface area contributed by atoms with E-state index in [0.29, 0.717) is 12.1 Å². The molecule has 0 radical (unpaired) electrons. The Morgan fingerprint density at radius 1 is 0.778 bits per heavy atom. The lowest BCUT2D eigenvalue weighted by Crippen LogP contribution is -2.11. The van der Waals surface area contributed by atoms with Crippen LogP contribution in [0.15, 0.2) is 91.0 Å². The first-order valence-electron chi connectivity index (χ1n) is 8.93. The molecule has 2 nitrogen and oxygen atoms in total. The number of nitrogen functional groups attached to an aromatic ring is 1. The van der Waals surface area contributed by atoms with E-state index in [4.69, 9.17) is 10.5 Å². The third kappa shape index (κ3) is 3.93. The number of anilines is 1. The number of nitrogens with two attached hydrogens (primary N) is 1. The molecule has 4 aromatic rings. The lowest BCUT2D eigenvalue weighted by Gasteiger charge is -2.22. The molecule has 0 spiro atoms. The minimum Gasteiger partial charge on any atom is -0.485 e. The summed E-state index contributed by atoms with van der Waals surface area (Å²) >= 11 is 0. The first-order chi connectivity index (χ1) is 13.2. The summed E-state index contributed by atoms with van der Waals surface area (Å²) in [5.41, 5.74) is 8.61. The van der Waals surface area contributed by atoms with Gasteiger partial charge in [0, 0.05) is 17.7 Å². The first kappa shape index (κ1) is 17.1. The van der Waals surface area contributed by atoms with Gasteiger partial charge >= 0.3 is 0 Å². The number of hydrogen-bond donors (Lipinski definition) is 1. The molecule has 0 amide bonds. The standard InChI is InChI=1S/C24H20FNO/c25-19-10-8-17(9-11-19)16-24(27-21-14-12-20(26)13-15-21)23-7-3-5-18-4-1-2-6-22(18)23/h1-15,24H,16,26H2. The molecule has 1 atom stereocenters. The summed E-state index contributed by atoms with van der Waals surface area (Å²) < 4.78 is 19.6. The topological polar surface area (TPSA) is 35.2 Å². The second-order valence-electron chi connectivity index (χ2n) is 6.57. The Bertz CT molecular complexity index is 989. The van der Waals surface area contributed by atoms with Crippen LogP contribution in [0, 0.1) is 5.82 Å². The second-order valence-corrected chi connectivity index (χ2v) is 6.57. The molecule has 1 unspecified atom stereocenters. The number of halogens is 1. The van der Waals surface area contributed by atoms with E-state index >= 15 is 0 Å². The largest absolute Gasteiger partial charge is 0.485 e. The van der Waals surface area contributed by atoms with E-state index in [2.05, 4.69) is 24.3 Å². The zero-order valence-corrected chi connectivity index (χ0v) is 14.8. The fourth-order valence-corrected chi connectivity index (χ4v) is 3.29. The maximum atomic E-state index is 13.3. The van der Waals surface area contributed by atoms with Crippen LogP contribution in [0.1, 0.15) is 17.2 Å². The predicted octanol–water partition coefficient (Wildman–Crippen LogP) is 5.92. The van der Waals surface area contributed by atoms with Crippen molar-refractivity contribution < 1.29 is 9.13 Å². The molecule has 0 fully saturated rings. The third-order valence-electron chi connectivity index (χ3n) is 4.66. The summed E-state index contributed by atoms with van der Waals surface area (Å²) in [6.45, 7) is 0. The van der Waals surface area contributed by atoms with Gasteiger partial charge in [0.2, 0.25) is 0 Å². The van der Waals surface area contributed by atoms with E-state index in [1.165, 1.54) is 17.5 Å². The van der Waals surface area contributed by atoms with E-state index in [0.717, 1.165) is 22.3 Å². The molecule has 3 heteroatoms. The van der Waals surface area contributed by atoms with Crippen LogP contribution in [0.4, 0.5) is 10.1 Å². The summed E-state index contributed by atoms with van der Waals surface area (Å²) in [5.74, 6) is 0.518. The van der Waals surface area contributed by atoms with E-state index in [9.17, 15) is 4.39 Å². The summed E-state index contributed by atoms with van der Waals surface area (Å²) in [7, 11) is 0. The van der Waals surface area contributed by atoms with Gasteiger partial charge in [0.15, 0.2) is 0 Å². The number of fused-ring (bicyclic) bond motifs is 1. The minimum atomic E-state index is -0.236. The van der Waals surface area contributed by atoms with Crippen molar-refractivity contribution in [2.24, 2.45) is 0 Å². The van der Waals surface area contributed by atoms with E-state index in [-0.39, 0.29) is 11.9 Å². The van der Waals surface area contributed by atoms with Crippen molar-refractivity contribution in [3.05, 3.63) is 108 Å². The molecule has 0 heterocycles. The maximum absolute atomic E-state index is 13.3. The van der Waals surface area contributed by atoms with Crippen molar-refractivity contribution in [2.45, 2.75) is 12.5 Å². The van der Waals surface area contributed by atoms with Crippen LogP contribution in [0.3, 0.4) is 0 Å². The summed E-state index contributed by atoms with van der Waals surface area (Å²) in [6.07, 6.45) is 0.434. The van der Waals surface area contributed by atoms with Crippen molar-refractivity contribution >= 4 is 16.5 Å². The Labute approximate surface area is 158 Å². The van der Waals surface area contributed by atoms with E-state index in [1.807, 2.05) is 42.5 Å². The van der Waals surface area contributed by atoms with Gasteiger partial charge in [0.25, 0.3) is 0 Å². The lowest BCUT2D eigenvalue weighted by molar-refractivity contribution is 0.207. The van der Waals surface area contributed by atoms with Gasteiger partial charge in [-0.2, -0.15) is 0 Å². The van der Waals surface area contributed by atoms with Crippen molar-refractivity contribution in [1.82, 2.24) is 0 Å². The van der Waals surface area contributed by atoms with Crippen LogP contribution in [0.25, 0.3) is 10.8 Å². The lowest BCUT2D eigenvalue weighted by atomic mass is 9.96. The number of benzene rings is 4.